The number of hydrogen-bond donors (Lipinski definition) is 2. The average Bonchev–Trinajstić information content (AvgIpc) is 3.04. The van der Waals surface area contributed by atoms with Gasteiger partial charge in [0.25, 0.3) is 5.91 Å². The quantitative estimate of drug-likeness (QED) is 0.885. The first-order valence-electron chi connectivity index (χ1n) is 5.66. The molecule has 0 aliphatic heterocycles. The highest BCUT2D eigenvalue weighted by Gasteiger charge is 2.13. The lowest BCUT2D eigenvalue weighted by molar-refractivity contribution is 0.0910. The summed E-state index contributed by atoms with van der Waals surface area (Å²) >= 11 is 3.05. The van der Waals surface area contributed by atoms with E-state index in [2.05, 4.69) is 10.3 Å². The summed E-state index contributed by atoms with van der Waals surface area (Å²) in [6.45, 7) is 2.13. The Morgan fingerprint density at radius 3 is 3.06 bits per heavy atom. The van der Waals surface area contributed by atoms with Gasteiger partial charge >= 0.3 is 0 Å². The Bertz CT molecular complexity index is 508. The molecule has 18 heavy (non-hydrogen) atoms. The fourth-order valence-electron chi connectivity index (χ4n) is 1.34. The Hall–Kier alpha value is -1.24. The van der Waals surface area contributed by atoms with Crippen LogP contribution in [0, 0.1) is 0 Å². The Morgan fingerprint density at radius 1 is 1.56 bits per heavy atom. The molecule has 0 bridgehead atoms. The lowest BCUT2D eigenvalue weighted by Gasteiger charge is -2.07. The number of carbonyl (C=O) groups excluding carboxylic acids is 1. The lowest BCUT2D eigenvalue weighted by Crippen LogP contribution is -2.31. The average molecular weight is 282 g/mol. The van der Waals surface area contributed by atoms with Gasteiger partial charge in [-0.3, -0.25) is 4.79 Å². The van der Waals surface area contributed by atoms with Gasteiger partial charge in [0, 0.05) is 11.9 Å². The molecule has 2 heterocycles. The zero-order valence-electron chi connectivity index (χ0n) is 9.92. The molecule has 0 radical (unpaired) electrons. The first-order chi connectivity index (χ1) is 8.70. The van der Waals surface area contributed by atoms with Crippen LogP contribution in [0.3, 0.4) is 0 Å². The summed E-state index contributed by atoms with van der Waals surface area (Å²) in [6, 6.07) is 3.94. The summed E-state index contributed by atoms with van der Waals surface area (Å²) in [5.74, 6) is -0.235. The number of thiazole rings is 1. The number of rotatable bonds is 5. The van der Waals surface area contributed by atoms with Crippen LogP contribution in [0.15, 0.2) is 22.9 Å². The molecule has 0 fully saturated rings. The molecular weight excluding hydrogens is 268 g/mol. The van der Waals surface area contributed by atoms with Gasteiger partial charge in [-0.15, -0.1) is 22.7 Å². The standard InChI is InChI=1S/C12H14N2O2S2/c1-2-8(15)6-13-11(16)9-7-18-12(14-9)10-4-3-5-17-10/h3-5,7-8,15H,2,6H2,1H3,(H,13,16). The van der Waals surface area contributed by atoms with Gasteiger partial charge in [-0.25, -0.2) is 4.98 Å². The summed E-state index contributed by atoms with van der Waals surface area (Å²) in [5.41, 5.74) is 0.409. The normalized spacial score (nSPS) is 12.3. The van der Waals surface area contributed by atoms with Crippen molar-refractivity contribution in [3.05, 3.63) is 28.6 Å². The number of amides is 1. The summed E-state index contributed by atoms with van der Waals surface area (Å²) in [5, 5.41) is 16.6. The van der Waals surface area contributed by atoms with E-state index >= 15 is 0 Å². The van der Waals surface area contributed by atoms with E-state index in [1.54, 1.807) is 16.7 Å². The largest absolute Gasteiger partial charge is 0.391 e. The van der Waals surface area contributed by atoms with Crippen LogP contribution in [-0.4, -0.2) is 28.6 Å². The minimum Gasteiger partial charge on any atom is -0.391 e. The first-order valence-corrected chi connectivity index (χ1v) is 7.42. The molecule has 1 unspecified atom stereocenters. The van der Waals surface area contributed by atoms with Crippen LogP contribution in [0.25, 0.3) is 9.88 Å². The Morgan fingerprint density at radius 2 is 2.39 bits per heavy atom. The van der Waals surface area contributed by atoms with Crippen molar-refractivity contribution in [2.75, 3.05) is 6.54 Å². The predicted molar refractivity (Wildman–Crippen MR) is 74.1 cm³/mol. The van der Waals surface area contributed by atoms with Gasteiger partial charge in [-0.2, -0.15) is 0 Å². The molecule has 0 aromatic carbocycles. The minimum atomic E-state index is -0.496. The summed E-state index contributed by atoms with van der Waals surface area (Å²) in [4.78, 5) is 17.1. The van der Waals surface area contributed by atoms with Crippen LogP contribution < -0.4 is 5.32 Å². The van der Waals surface area contributed by atoms with Gasteiger partial charge in [0.15, 0.2) is 0 Å². The van der Waals surface area contributed by atoms with Gasteiger partial charge in [0.05, 0.1) is 11.0 Å². The molecular formula is C12H14N2O2S2. The lowest BCUT2D eigenvalue weighted by atomic mass is 10.3. The van der Waals surface area contributed by atoms with E-state index in [0.29, 0.717) is 12.1 Å². The van der Waals surface area contributed by atoms with E-state index in [1.807, 2.05) is 24.4 Å². The second-order valence-corrected chi connectivity index (χ2v) is 5.59. The molecule has 0 aliphatic rings. The Kier molecular flexibility index (Phi) is 4.46. The van der Waals surface area contributed by atoms with Crippen LogP contribution in [-0.2, 0) is 0 Å². The van der Waals surface area contributed by atoms with Crippen molar-refractivity contribution in [2.24, 2.45) is 0 Å². The van der Waals surface area contributed by atoms with Gasteiger partial charge in [0.1, 0.15) is 10.7 Å². The van der Waals surface area contributed by atoms with Crippen LogP contribution in [0.4, 0.5) is 0 Å². The topological polar surface area (TPSA) is 62.2 Å². The number of aliphatic hydroxyl groups is 1. The minimum absolute atomic E-state index is 0.235. The Labute approximate surface area is 113 Å². The van der Waals surface area contributed by atoms with Crippen LogP contribution >= 0.6 is 22.7 Å². The molecule has 2 rings (SSSR count). The van der Waals surface area contributed by atoms with Crippen molar-refractivity contribution >= 4 is 28.6 Å². The predicted octanol–water partition coefficient (Wildman–Crippen LogP) is 2.37. The third-order valence-electron chi connectivity index (χ3n) is 2.44. The van der Waals surface area contributed by atoms with Gasteiger partial charge in [-0.1, -0.05) is 13.0 Å². The summed E-state index contributed by atoms with van der Waals surface area (Å²) in [7, 11) is 0. The van der Waals surface area contributed by atoms with E-state index in [-0.39, 0.29) is 12.5 Å². The monoisotopic (exact) mass is 282 g/mol. The molecule has 2 aromatic rings. The highest BCUT2D eigenvalue weighted by molar-refractivity contribution is 7.20. The molecule has 96 valence electrons. The van der Waals surface area contributed by atoms with E-state index in [4.69, 9.17) is 0 Å². The molecule has 2 aromatic heterocycles. The fraction of sp³-hybridized carbons (Fsp3) is 0.333. The third-order valence-corrected chi connectivity index (χ3v) is 4.32. The molecule has 2 N–H and O–H groups in total. The number of nitrogens with one attached hydrogen (secondary N) is 1. The second-order valence-electron chi connectivity index (χ2n) is 3.79. The van der Waals surface area contributed by atoms with E-state index < -0.39 is 6.10 Å². The molecule has 4 nitrogen and oxygen atoms in total. The number of hydrogen-bond acceptors (Lipinski definition) is 5. The molecule has 6 heteroatoms. The molecule has 0 saturated carbocycles. The summed E-state index contributed by atoms with van der Waals surface area (Å²) < 4.78 is 0. The van der Waals surface area contributed by atoms with E-state index in [9.17, 15) is 9.90 Å². The number of nitrogens with zero attached hydrogens (tertiary/aromatic N) is 1. The fourth-order valence-corrected chi connectivity index (χ4v) is 2.95. The number of carbonyl (C=O) groups is 1. The van der Waals surface area contributed by atoms with Crippen LogP contribution in [0.2, 0.25) is 0 Å². The van der Waals surface area contributed by atoms with Crippen LogP contribution in [0.5, 0.6) is 0 Å². The van der Waals surface area contributed by atoms with E-state index in [1.165, 1.54) is 11.3 Å². The van der Waals surface area contributed by atoms with Crippen molar-refractivity contribution in [2.45, 2.75) is 19.4 Å². The molecule has 1 atom stereocenters. The van der Waals surface area contributed by atoms with Crippen molar-refractivity contribution in [3.8, 4) is 9.88 Å². The van der Waals surface area contributed by atoms with Gasteiger partial charge in [-0.05, 0) is 17.9 Å². The van der Waals surface area contributed by atoms with Crippen molar-refractivity contribution in [3.63, 3.8) is 0 Å². The molecule has 0 spiro atoms. The van der Waals surface area contributed by atoms with Gasteiger partial charge in [0.2, 0.25) is 0 Å². The SMILES string of the molecule is CCC(O)CNC(=O)c1csc(-c2cccs2)n1. The number of aliphatic hydroxyl groups excluding tert-OH is 1. The van der Waals surface area contributed by atoms with Crippen LogP contribution in [0.1, 0.15) is 23.8 Å². The van der Waals surface area contributed by atoms with Crippen molar-refractivity contribution in [1.82, 2.24) is 10.3 Å². The highest BCUT2D eigenvalue weighted by Crippen LogP contribution is 2.27. The van der Waals surface area contributed by atoms with Crippen molar-refractivity contribution < 1.29 is 9.90 Å². The van der Waals surface area contributed by atoms with Crippen molar-refractivity contribution in [1.29, 1.82) is 0 Å². The maximum Gasteiger partial charge on any atom is 0.270 e. The smallest absolute Gasteiger partial charge is 0.270 e. The van der Waals surface area contributed by atoms with E-state index in [0.717, 1.165) is 9.88 Å². The second kappa shape index (κ2) is 6.08. The number of aromatic nitrogens is 1. The first kappa shape index (κ1) is 13.2. The Balaban J connectivity index is 1.99. The third kappa shape index (κ3) is 3.16. The van der Waals surface area contributed by atoms with Gasteiger partial charge < -0.3 is 10.4 Å². The zero-order chi connectivity index (χ0) is 13.0. The maximum absolute atomic E-state index is 11.8. The molecule has 0 aliphatic carbocycles. The molecule has 1 amide bonds. The molecule has 0 saturated heterocycles. The highest BCUT2D eigenvalue weighted by atomic mass is 32.1. The zero-order valence-corrected chi connectivity index (χ0v) is 11.6. The maximum atomic E-state index is 11.8. The number of thiophene rings is 1. The summed E-state index contributed by atoms with van der Waals surface area (Å²) in [6.07, 6.45) is 0.127.